The van der Waals surface area contributed by atoms with E-state index in [0.29, 0.717) is 0 Å². The largest absolute Gasteiger partial charge is 0.394 e. The van der Waals surface area contributed by atoms with Crippen LogP contribution in [0, 0.1) is 0 Å². The number of amides is 1. The highest BCUT2D eigenvalue weighted by atomic mass is 16.4. The van der Waals surface area contributed by atoms with Gasteiger partial charge in [0.05, 0.1) is 13.2 Å². The minimum Gasteiger partial charge on any atom is -0.394 e. The molecule has 0 aliphatic heterocycles. The predicted molar refractivity (Wildman–Crippen MR) is 56.5 cm³/mol. The zero-order valence-electron chi connectivity index (χ0n) is 9.04. The lowest BCUT2D eigenvalue weighted by molar-refractivity contribution is -0.138. The third-order valence-electron chi connectivity index (χ3n) is 1.92. The summed E-state index contributed by atoms with van der Waals surface area (Å²) in [4.78, 5) is 22.2. The van der Waals surface area contributed by atoms with Crippen LogP contribution in [0.4, 0.5) is 0 Å². The molecule has 0 rings (SSSR count). The van der Waals surface area contributed by atoms with Crippen LogP contribution in [0.5, 0.6) is 0 Å². The van der Waals surface area contributed by atoms with Crippen LogP contribution in [-0.4, -0.2) is 63.6 Å². The van der Waals surface area contributed by atoms with Gasteiger partial charge in [-0.3, -0.25) is 15.0 Å². The Hall–Kier alpha value is -1.32. The quantitative estimate of drug-likeness (QED) is 0.193. The Balaban J connectivity index is 4.39. The summed E-state index contributed by atoms with van der Waals surface area (Å²) >= 11 is 0. The summed E-state index contributed by atoms with van der Waals surface area (Å²) in [6.07, 6.45) is -2.57. The smallest absolute Gasteiger partial charge is 0.257 e. The predicted octanol–water partition coefficient (Wildman–Crippen LogP) is -3.56. The Bertz CT molecular complexity index is 283. The summed E-state index contributed by atoms with van der Waals surface area (Å²) in [6, 6.07) is -1.30. The molecule has 98 valence electrons. The number of carbonyl (C=O) groups excluding carboxylic acids is 2. The first-order chi connectivity index (χ1) is 7.97. The van der Waals surface area contributed by atoms with E-state index in [1.54, 1.807) is 0 Å². The van der Waals surface area contributed by atoms with Gasteiger partial charge in [0.15, 0.2) is 5.78 Å². The van der Waals surface area contributed by atoms with Crippen molar-refractivity contribution in [3.63, 3.8) is 0 Å². The van der Waals surface area contributed by atoms with Gasteiger partial charge in [0.25, 0.3) is 5.91 Å². The van der Waals surface area contributed by atoms with Crippen molar-refractivity contribution in [1.29, 1.82) is 0 Å². The molecule has 0 aromatic carbocycles. The van der Waals surface area contributed by atoms with E-state index in [-0.39, 0.29) is 0 Å². The van der Waals surface area contributed by atoms with E-state index in [4.69, 9.17) is 15.3 Å². The Morgan fingerprint density at radius 3 is 2.24 bits per heavy atom. The maximum absolute atomic E-state index is 11.5. The zero-order valence-corrected chi connectivity index (χ0v) is 9.04. The van der Waals surface area contributed by atoms with Crippen LogP contribution in [0.2, 0.25) is 0 Å². The molecule has 0 unspecified atom stereocenters. The first-order valence-corrected chi connectivity index (χ1v) is 4.77. The first-order valence-electron chi connectivity index (χ1n) is 4.77. The fourth-order valence-electron chi connectivity index (χ4n) is 0.912. The lowest BCUT2D eigenvalue weighted by Gasteiger charge is -2.20. The highest BCUT2D eigenvalue weighted by molar-refractivity contribution is 5.90. The number of aliphatic hydroxyl groups excluding tert-OH is 4. The third kappa shape index (κ3) is 5.02. The van der Waals surface area contributed by atoms with Crippen LogP contribution >= 0.6 is 0 Å². The van der Waals surface area contributed by atoms with E-state index >= 15 is 0 Å². The molecule has 0 radical (unpaired) electrons. The molecule has 0 heterocycles. The van der Waals surface area contributed by atoms with Gasteiger partial charge in [-0.2, -0.15) is 0 Å². The minimum absolute atomic E-state index is 0.631. The number of hydrogen-bond donors (Lipinski definition) is 6. The second-order valence-electron chi connectivity index (χ2n) is 3.17. The van der Waals surface area contributed by atoms with E-state index in [2.05, 4.69) is 12.0 Å². The average molecular weight is 248 g/mol. The fourth-order valence-corrected chi connectivity index (χ4v) is 0.912. The Morgan fingerprint density at radius 2 is 1.82 bits per heavy atom. The third-order valence-corrected chi connectivity index (χ3v) is 1.92. The molecule has 6 N–H and O–H groups in total. The summed E-state index contributed by atoms with van der Waals surface area (Å²) in [5.74, 6) is -1.59. The molecule has 0 saturated carbocycles. The van der Waals surface area contributed by atoms with E-state index in [1.165, 1.54) is 0 Å². The lowest BCUT2D eigenvalue weighted by atomic mass is 10.0. The first kappa shape index (κ1) is 15.7. The second-order valence-corrected chi connectivity index (χ2v) is 3.17. The summed E-state index contributed by atoms with van der Waals surface area (Å²) < 4.78 is 0. The van der Waals surface area contributed by atoms with Crippen molar-refractivity contribution in [3.05, 3.63) is 12.7 Å². The molecular weight excluding hydrogens is 232 g/mol. The standard InChI is InChI=1S/C9H16N2O6/c1-2-7(15)11-10-5(3-12)8(16)9(17)6(14)4-13/h2,5-6,9-10,12-14,17H,1,3-4H2,(H,11,15)/t5-,6+,9+/m0/s1. The molecule has 0 spiro atoms. The molecule has 0 aromatic rings. The van der Waals surface area contributed by atoms with Crippen molar-refractivity contribution in [1.82, 2.24) is 10.9 Å². The number of hydrazine groups is 1. The van der Waals surface area contributed by atoms with Crippen LogP contribution < -0.4 is 10.9 Å². The van der Waals surface area contributed by atoms with Crippen LogP contribution in [-0.2, 0) is 9.59 Å². The monoisotopic (exact) mass is 248 g/mol. The maximum atomic E-state index is 11.5. The van der Waals surface area contributed by atoms with Gasteiger partial charge < -0.3 is 20.4 Å². The molecule has 8 heteroatoms. The van der Waals surface area contributed by atoms with Gasteiger partial charge >= 0.3 is 0 Å². The maximum Gasteiger partial charge on any atom is 0.257 e. The SMILES string of the molecule is C=CC(=O)NN[C@@H](CO)C(=O)[C@H](O)[C@H](O)CO. The van der Waals surface area contributed by atoms with Crippen molar-refractivity contribution >= 4 is 11.7 Å². The van der Waals surface area contributed by atoms with Gasteiger partial charge in [-0.15, -0.1) is 0 Å². The van der Waals surface area contributed by atoms with Crippen molar-refractivity contribution in [3.8, 4) is 0 Å². The number of Topliss-reactive ketones (excluding diaryl/α,β-unsaturated/α-hetero) is 1. The second kappa shape index (κ2) is 7.87. The van der Waals surface area contributed by atoms with E-state index in [9.17, 15) is 14.7 Å². The Kier molecular flexibility index (Phi) is 7.26. The molecule has 1 amide bonds. The topological polar surface area (TPSA) is 139 Å². The van der Waals surface area contributed by atoms with Crippen LogP contribution in [0.3, 0.4) is 0 Å². The molecule has 0 aliphatic rings. The van der Waals surface area contributed by atoms with Crippen molar-refractivity contribution < 1.29 is 30.0 Å². The normalized spacial score (nSPS) is 15.8. The lowest BCUT2D eigenvalue weighted by Crippen LogP contribution is -2.54. The van der Waals surface area contributed by atoms with Crippen LogP contribution in [0.15, 0.2) is 12.7 Å². The molecule has 0 bridgehead atoms. The molecular formula is C9H16N2O6. The number of nitrogens with one attached hydrogen (secondary N) is 2. The number of rotatable bonds is 8. The van der Waals surface area contributed by atoms with Crippen molar-refractivity contribution in [2.24, 2.45) is 0 Å². The molecule has 0 aliphatic carbocycles. The molecule has 8 nitrogen and oxygen atoms in total. The summed E-state index contributed by atoms with van der Waals surface area (Å²) in [5.41, 5.74) is 4.19. The van der Waals surface area contributed by atoms with Crippen molar-refractivity contribution in [2.45, 2.75) is 18.2 Å². The van der Waals surface area contributed by atoms with Crippen molar-refractivity contribution in [2.75, 3.05) is 13.2 Å². The molecule has 17 heavy (non-hydrogen) atoms. The zero-order chi connectivity index (χ0) is 13.4. The highest BCUT2D eigenvalue weighted by Gasteiger charge is 2.30. The average Bonchev–Trinajstić information content (AvgIpc) is 2.36. The highest BCUT2D eigenvalue weighted by Crippen LogP contribution is 1.98. The molecule has 0 aromatic heterocycles. The van der Waals surface area contributed by atoms with Gasteiger partial charge in [0.1, 0.15) is 18.2 Å². The Morgan fingerprint density at radius 1 is 1.24 bits per heavy atom. The molecule has 3 atom stereocenters. The van der Waals surface area contributed by atoms with E-state index < -0.39 is 43.2 Å². The van der Waals surface area contributed by atoms with Gasteiger partial charge in [0, 0.05) is 0 Å². The van der Waals surface area contributed by atoms with Gasteiger partial charge in [-0.25, -0.2) is 5.43 Å². The molecule has 0 saturated heterocycles. The van der Waals surface area contributed by atoms with Gasteiger partial charge in [0.2, 0.25) is 0 Å². The number of ketones is 1. The number of aliphatic hydroxyl groups is 4. The summed E-state index contributed by atoms with van der Waals surface area (Å²) in [6.45, 7) is 1.66. The number of hydrogen-bond acceptors (Lipinski definition) is 7. The van der Waals surface area contributed by atoms with Crippen LogP contribution in [0.25, 0.3) is 0 Å². The number of carbonyl (C=O) groups is 2. The Labute approximate surface area is 97.5 Å². The summed E-state index contributed by atoms with van der Waals surface area (Å²) in [7, 11) is 0. The summed E-state index contributed by atoms with van der Waals surface area (Å²) in [5, 5.41) is 35.7. The molecule has 0 fully saturated rings. The van der Waals surface area contributed by atoms with E-state index in [0.717, 1.165) is 6.08 Å². The minimum atomic E-state index is -1.86. The van der Waals surface area contributed by atoms with E-state index in [1.807, 2.05) is 5.43 Å². The van der Waals surface area contributed by atoms with Gasteiger partial charge in [-0.05, 0) is 6.08 Å². The fraction of sp³-hybridized carbons (Fsp3) is 0.556. The van der Waals surface area contributed by atoms with Crippen LogP contribution in [0.1, 0.15) is 0 Å². The van der Waals surface area contributed by atoms with Gasteiger partial charge in [-0.1, -0.05) is 6.58 Å².